The first-order chi connectivity index (χ1) is 15.5. The van der Waals surface area contributed by atoms with Crippen LogP contribution in [0.5, 0.6) is 11.5 Å². The quantitative estimate of drug-likeness (QED) is 0.351. The van der Waals surface area contributed by atoms with Gasteiger partial charge in [-0.2, -0.15) is 0 Å². The SMILES string of the molecule is COc1cccc(N=C(Nc2cccc(OC)c2)C2=C(O)c3ccccc3C(=O)C2=O)c1. The molecule has 0 amide bonds. The molecule has 3 aromatic carbocycles. The molecule has 0 bridgehead atoms. The fourth-order valence-electron chi connectivity index (χ4n) is 3.38. The van der Waals surface area contributed by atoms with Gasteiger partial charge in [-0.1, -0.05) is 36.4 Å². The van der Waals surface area contributed by atoms with Crippen molar-refractivity contribution in [2.45, 2.75) is 0 Å². The number of rotatable bonds is 5. The van der Waals surface area contributed by atoms with E-state index in [1.54, 1.807) is 73.8 Å². The van der Waals surface area contributed by atoms with Crippen LogP contribution in [-0.4, -0.2) is 36.7 Å². The van der Waals surface area contributed by atoms with Crippen molar-refractivity contribution in [2.24, 2.45) is 4.99 Å². The second kappa shape index (κ2) is 8.77. The lowest BCUT2D eigenvalue weighted by Gasteiger charge is -2.20. The Bertz CT molecular complexity index is 1280. The Morgan fingerprint density at radius 3 is 2.19 bits per heavy atom. The van der Waals surface area contributed by atoms with E-state index in [1.165, 1.54) is 13.2 Å². The highest BCUT2D eigenvalue weighted by atomic mass is 16.5. The summed E-state index contributed by atoms with van der Waals surface area (Å²) >= 11 is 0. The van der Waals surface area contributed by atoms with Crippen molar-refractivity contribution in [3.05, 3.63) is 89.5 Å². The van der Waals surface area contributed by atoms with Gasteiger partial charge in [-0.3, -0.25) is 9.59 Å². The highest BCUT2D eigenvalue weighted by Gasteiger charge is 2.35. The molecule has 7 nitrogen and oxygen atoms in total. The molecular formula is C25H20N2O5. The second-order valence-electron chi connectivity index (χ2n) is 6.95. The number of hydrogen-bond acceptors (Lipinski definition) is 6. The molecule has 0 radical (unpaired) electrons. The minimum atomic E-state index is -0.849. The summed E-state index contributed by atoms with van der Waals surface area (Å²) in [6.45, 7) is 0. The zero-order chi connectivity index (χ0) is 22.7. The van der Waals surface area contributed by atoms with Crippen LogP contribution in [0.15, 0.2) is 83.4 Å². The molecule has 0 fully saturated rings. The van der Waals surface area contributed by atoms with Gasteiger partial charge in [0, 0.05) is 28.9 Å². The van der Waals surface area contributed by atoms with Gasteiger partial charge in [0.05, 0.1) is 19.9 Å². The lowest BCUT2D eigenvalue weighted by Crippen LogP contribution is -2.31. The van der Waals surface area contributed by atoms with Crippen LogP contribution in [0.4, 0.5) is 11.4 Å². The molecule has 2 N–H and O–H groups in total. The third-order valence-electron chi connectivity index (χ3n) is 4.96. The first-order valence-corrected chi connectivity index (χ1v) is 9.77. The normalized spacial score (nSPS) is 13.6. The van der Waals surface area contributed by atoms with Crippen molar-refractivity contribution in [2.75, 3.05) is 19.5 Å². The summed E-state index contributed by atoms with van der Waals surface area (Å²) < 4.78 is 10.5. The maximum absolute atomic E-state index is 13.0. The fraction of sp³-hybridized carbons (Fsp3) is 0.0800. The molecule has 0 spiro atoms. The maximum atomic E-state index is 13.0. The molecule has 32 heavy (non-hydrogen) atoms. The van der Waals surface area contributed by atoms with Gasteiger partial charge < -0.3 is 19.9 Å². The number of anilines is 1. The van der Waals surface area contributed by atoms with Gasteiger partial charge >= 0.3 is 0 Å². The van der Waals surface area contributed by atoms with Gasteiger partial charge in [-0.05, 0) is 24.3 Å². The van der Waals surface area contributed by atoms with E-state index in [-0.39, 0.29) is 28.3 Å². The van der Waals surface area contributed by atoms with Crippen LogP contribution >= 0.6 is 0 Å². The highest BCUT2D eigenvalue weighted by Crippen LogP contribution is 2.31. The smallest absolute Gasteiger partial charge is 0.241 e. The zero-order valence-corrected chi connectivity index (χ0v) is 17.5. The number of amidine groups is 1. The summed E-state index contributed by atoms with van der Waals surface area (Å²) in [5.74, 6) is -0.691. The summed E-state index contributed by atoms with van der Waals surface area (Å²) in [7, 11) is 3.08. The van der Waals surface area contributed by atoms with Crippen LogP contribution in [0.2, 0.25) is 0 Å². The summed E-state index contributed by atoms with van der Waals surface area (Å²) in [6.07, 6.45) is 0. The number of ketones is 2. The Morgan fingerprint density at radius 2 is 1.47 bits per heavy atom. The van der Waals surface area contributed by atoms with E-state index < -0.39 is 11.6 Å². The second-order valence-corrected chi connectivity index (χ2v) is 6.95. The first-order valence-electron chi connectivity index (χ1n) is 9.77. The van der Waals surface area contributed by atoms with Crippen LogP contribution in [0, 0.1) is 0 Å². The summed E-state index contributed by atoms with van der Waals surface area (Å²) in [5, 5.41) is 14.0. The van der Waals surface area contributed by atoms with Crippen LogP contribution in [0.1, 0.15) is 15.9 Å². The van der Waals surface area contributed by atoms with Crippen LogP contribution in [0.3, 0.4) is 0 Å². The Morgan fingerprint density at radius 1 is 0.812 bits per heavy atom. The standard InChI is InChI=1S/C25H20N2O5/c1-31-17-9-5-7-15(13-17)26-25(27-16-8-6-10-18(14-16)32-2)21-22(28)19-11-3-4-12-20(19)23(29)24(21)30/h3-14,28H,1-2H3,(H,26,27). The van der Waals surface area contributed by atoms with E-state index in [2.05, 4.69) is 10.3 Å². The number of nitrogens with zero attached hydrogens (tertiary/aromatic N) is 1. The minimum absolute atomic E-state index is 0.0249. The Labute approximate surface area is 184 Å². The van der Waals surface area contributed by atoms with E-state index in [0.29, 0.717) is 22.9 Å². The molecule has 4 rings (SSSR count). The monoisotopic (exact) mass is 428 g/mol. The van der Waals surface area contributed by atoms with E-state index in [4.69, 9.17) is 9.47 Å². The van der Waals surface area contributed by atoms with Crippen LogP contribution in [-0.2, 0) is 4.79 Å². The molecular weight excluding hydrogens is 408 g/mol. The number of nitrogens with one attached hydrogen (secondary N) is 1. The van der Waals surface area contributed by atoms with Crippen molar-refractivity contribution in [1.82, 2.24) is 0 Å². The third kappa shape index (κ3) is 3.96. The number of fused-ring (bicyclic) bond motifs is 1. The van der Waals surface area contributed by atoms with Gasteiger partial charge in [0.2, 0.25) is 11.6 Å². The number of benzene rings is 3. The topological polar surface area (TPSA) is 97.2 Å². The number of aliphatic hydroxyl groups excluding tert-OH is 1. The number of ether oxygens (including phenoxy) is 2. The number of Topliss-reactive ketones (excluding diaryl/α,β-unsaturated/α-hetero) is 2. The van der Waals surface area contributed by atoms with Gasteiger partial charge in [0.25, 0.3) is 0 Å². The molecule has 0 unspecified atom stereocenters. The molecule has 160 valence electrons. The number of methoxy groups -OCH3 is 2. The molecule has 3 aromatic rings. The highest BCUT2D eigenvalue weighted by molar-refractivity contribution is 6.58. The number of carbonyl (C=O) groups is 2. The number of aliphatic imine (C=N–C) groups is 1. The van der Waals surface area contributed by atoms with Crippen LogP contribution in [0.25, 0.3) is 5.76 Å². The van der Waals surface area contributed by atoms with Gasteiger partial charge in [0.1, 0.15) is 28.7 Å². The zero-order valence-electron chi connectivity index (χ0n) is 17.5. The van der Waals surface area contributed by atoms with Gasteiger partial charge in [0.15, 0.2) is 0 Å². The van der Waals surface area contributed by atoms with E-state index in [9.17, 15) is 14.7 Å². The summed E-state index contributed by atoms with van der Waals surface area (Å²) in [4.78, 5) is 30.3. The predicted molar refractivity (Wildman–Crippen MR) is 122 cm³/mol. The Kier molecular flexibility index (Phi) is 5.72. The molecule has 0 saturated carbocycles. The maximum Gasteiger partial charge on any atom is 0.241 e. The largest absolute Gasteiger partial charge is 0.506 e. The van der Waals surface area contributed by atoms with Crippen molar-refractivity contribution >= 4 is 34.5 Å². The molecule has 7 heteroatoms. The van der Waals surface area contributed by atoms with E-state index >= 15 is 0 Å². The van der Waals surface area contributed by atoms with Crippen molar-refractivity contribution < 1.29 is 24.2 Å². The first kappa shape index (κ1) is 20.9. The Balaban J connectivity index is 1.89. The molecule has 0 aromatic heterocycles. The number of hydrogen-bond donors (Lipinski definition) is 2. The minimum Gasteiger partial charge on any atom is -0.506 e. The molecule has 1 aliphatic rings. The van der Waals surface area contributed by atoms with Crippen molar-refractivity contribution in [3.63, 3.8) is 0 Å². The lowest BCUT2D eigenvalue weighted by molar-refractivity contribution is -0.111. The molecule has 0 saturated heterocycles. The molecule has 0 heterocycles. The van der Waals surface area contributed by atoms with E-state index in [1.807, 2.05) is 0 Å². The predicted octanol–water partition coefficient (Wildman–Crippen LogP) is 4.58. The van der Waals surface area contributed by atoms with Gasteiger partial charge in [-0.15, -0.1) is 0 Å². The Hall–Kier alpha value is -4.39. The summed E-state index contributed by atoms with van der Waals surface area (Å²) in [5.41, 5.74) is 1.25. The summed E-state index contributed by atoms with van der Waals surface area (Å²) in [6, 6.07) is 20.3. The van der Waals surface area contributed by atoms with Crippen molar-refractivity contribution in [1.29, 1.82) is 0 Å². The average molecular weight is 428 g/mol. The molecule has 1 aliphatic carbocycles. The van der Waals surface area contributed by atoms with Crippen LogP contribution < -0.4 is 14.8 Å². The average Bonchev–Trinajstić information content (AvgIpc) is 2.83. The third-order valence-corrected chi connectivity index (χ3v) is 4.96. The molecule has 0 aliphatic heterocycles. The lowest BCUT2D eigenvalue weighted by atomic mass is 9.88. The fourth-order valence-corrected chi connectivity index (χ4v) is 3.38. The van der Waals surface area contributed by atoms with E-state index in [0.717, 1.165) is 0 Å². The molecule has 0 atom stereocenters. The van der Waals surface area contributed by atoms with Gasteiger partial charge in [-0.25, -0.2) is 4.99 Å². The number of aliphatic hydroxyl groups is 1. The van der Waals surface area contributed by atoms with Crippen molar-refractivity contribution in [3.8, 4) is 11.5 Å². The number of carbonyl (C=O) groups excluding carboxylic acids is 2.